The average molecular weight is 651 g/mol. The van der Waals surface area contributed by atoms with Gasteiger partial charge in [-0.3, -0.25) is 19.2 Å². The molecule has 12 nitrogen and oxygen atoms in total. The predicted octanol–water partition coefficient (Wildman–Crippen LogP) is 3.85. The van der Waals surface area contributed by atoms with Gasteiger partial charge in [0.25, 0.3) is 0 Å². The van der Waals surface area contributed by atoms with E-state index in [1.54, 1.807) is 0 Å². The Morgan fingerprint density at radius 3 is 2.40 bits per heavy atom. The highest BCUT2D eigenvalue weighted by molar-refractivity contribution is 7.99. The van der Waals surface area contributed by atoms with Crippen molar-refractivity contribution in [2.75, 3.05) is 6.61 Å². The molecule has 18 heteroatoms. The van der Waals surface area contributed by atoms with E-state index in [1.165, 1.54) is 22.3 Å². The molecule has 4 rings (SSSR count). The van der Waals surface area contributed by atoms with Gasteiger partial charge in [0.15, 0.2) is 12.2 Å². The Kier molecular flexibility index (Phi) is 9.64. The molecule has 226 valence electrons. The van der Waals surface area contributed by atoms with Gasteiger partial charge in [-0.1, -0.05) is 39.9 Å². The molecule has 0 spiro atoms. The van der Waals surface area contributed by atoms with E-state index in [0.29, 0.717) is 5.69 Å². The fourth-order valence-electron chi connectivity index (χ4n) is 4.16. The van der Waals surface area contributed by atoms with Crippen LogP contribution in [0.3, 0.4) is 0 Å². The minimum Gasteiger partial charge on any atom is -0.463 e. The van der Waals surface area contributed by atoms with E-state index >= 15 is 0 Å². The zero-order valence-corrected chi connectivity index (χ0v) is 24.3. The van der Waals surface area contributed by atoms with Gasteiger partial charge in [-0.2, -0.15) is 13.2 Å². The highest BCUT2D eigenvalue weighted by atomic mass is 35.5. The summed E-state index contributed by atoms with van der Waals surface area (Å²) in [5.41, 5.74) is -1.62. The number of carbonyl (C=O) groups is 3. The minimum atomic E-state index is -4.68. The second-order valence-corrected chi connectivity index (χ2v) is 11.3. The molecule has 0 saturated carbocycles. The number of aromatic nitrogens is 4. The topological polar surface area (TPSA) is 152 Å². The van der Waals surface area contributed by atoms with Crippen molar-refractivity contribution in [3.63, 3.8) is 0 Å². The molecule has 3 aromatic rings. The molecule has 1 aliphatic rings. The van der Waals surface area contributed by atoms with Gasteiger partial charge < -0.3 is 23.9 Å². The monoisotopic (exact) mass is 650 g/mol. The Morgan fingerprint density at radius 1 is 1.14 bits per heavy atom. The summed E-state index contributed by atoms with van der Waals surface area (Å²) in [6.45, 7) is 3.02. The fourth-order valence-corrected chi connectivity index (χ4v) is 6.24. The Labute approximate surface area is 248 Å². The predicted molar refractivity (Wildman–Crippen MR) is 142 cm³/mol. The number of esters is 3. The highest BCUT2D eigenvalue weighted by Gasteiger charge is 2.52. The molecule has 1 aliphatic heterocycles. The number of hydrogen-bond donors (Lipinski definition) is 1. The van der Waals surface area contributed by atoms with E-state index in [1.807, 2.05) is 0 Å². The van der Waals surface area contributed by atoms with Crippen LogP contribution in [-0.4, -0.2) is 68.2 Å². The van der Waals surface area contributed by atoms with Crippen LogP contribution in [0.5, 0.6) is 0 Å². The van der Waals surface area contributed by atoms with Crippen molar-refractivity contribution in [3.05, 3.63) is 50.0 Å². The summed E-state index contributed by atoms with van der Waals surface area (Å²) in [6, 6.07) is 1.91. The minimum absolute atomic E-state index is 0.223. The summed E-state index contributed by atoms with van der Waals surface area (Å²) in [6.07, 6.45) is -6.94. The maximum Gasteiger partial charge on any atom is 0.417 e. The average Bonchev–Trinajstić information content (AvgIpc) is 3.52. The SMILES string of the molecule is CC(=O)OCC1O[C@H](Sc2ccc(C(F)(F)F)c(Cl)c2)C(OC(C)=O)C(n2cc(-c3csc(=O)[nH]3)nn2)[C@H]1OC(C)=O. The molecule has 2 aromatic heterocycles. The van der Waals surface area contributed by atoms with E-state index in [4.69, 9.17) is 30.5 Å². The number of thioether (sulfide) groups is 1. The van der Waals surface area contributed by atoms with Gasteiger partial charge >= 0.3 is 29.0 Å². The van der Waals surface area contributed by atoms with Crippen molar-refractivity contribution >= 4 is 52.6 Å². The molecule has 1 N–H and O–H groups in total. The quantitative estimate of drug-likeness (QED) is 0.280. The van der Waals surface area contributed by atoms with Gasteiger partial charge in [-0.15, -0.1) is 5.10 Å². The van der Waals surface area contributed by atoms with Crippen molar-refractivity contribution in [2.45, 2.75) is 61.6 Å². The van der Waals surface area contributed by atoms with E-state index in [9.17, 15) is 32.3 Å². The van der Waals surface area contributed by atoms with Gasteiger partial charge in [0.1, 0.15) is 29.9 Å². The number of hydrogen-bond acceptors (Lipinski definition) is 12. The first-order valence-corrected chi connectivity index (χ1v) is 14.1. The summed E-state index contributed by atoms with van der Waals surface area (Å²) in [5.74, 6) is -2.17. The lowest BCUT2D eigenvalue weighted by Gasteiger charge is -2.44. The third-order valence-electron chi connectivity index (χ3n) is 5.78. The number of rotatable bonds is 8. The second kappa shape index (κ2) is 12.8. The number of nitrogens with zero attached hydrogens (tertiary/aromatic N) is 3. The molecular weight excluding hydrogens is 629 g/mol. The third kappa shape index (κ3) is 7.50. The Balaban J connectivity index is 1.79. The van der Waals surface area contributed by atoms with E-state index in [-0.39, 0.29) is 15.5 Å². The summed E-state index contributed by atoms with van der Waals surface area (Å²) in [4.78, 5) is 50.2. The van der Waals surface area contributed by atoms with E-state index in [2.05, 4.69) is 15.3 Å². The van der Waals surface area contributed by atoms with Gasteiger partial charge in [-0.25, -0.2) is 4.68 Å². The van der Waals surface area contributed by atoms with Gasteiger partial charge in [0.05, 0.1) is 22.5 Å². The fraction of sp³-hybridized carbons (Fsp3) is 0.417. The first-order chi connectivity index (χ1) is 19.7. The van der Waals surface area contributed by atoms with Crippen LogP contribution in [0.2, 0.25) is 5.02 Å². The van der Waals surface area contributed by atoms with Crippen LogP contribution >= 0.6 is 34.7 Å². The molecule has 3 unspecified atom stereocenters. The van der Waals surface area contributed by atoms with E-state index < -0.39 is 71.1 Å². The van der Waals surface area contributed by atoms with Crippen LogP contribution in [0, 0.1) is 0 Å². The number of H-pyrrole nitrogens is 1. The van der Waals surface area contributed by atoms with Crippen molar-refractivity contribution in [1.82, 2.24) is 20.0 Å². The number of nitrogens with one attached hydrogen (secondary N) is 1. The number of aromatic amines is 1. The number of ether oxygens (including phenoxy) is 4. The summed E-state index contributed by atoms with van der Waals surface area (Å²) >= 11 is 7.68. The Bertz CT molecular complexity index is 1530. The molecule has 0 radical (unpaired) electrons. The molecule has 1 saturated heterocycles. The lowest BCUT2D eigenvalue weighted by Crippen LogP contribution is -2.57. The molecule has 5 atom stereocenters. The van der Waals surface area contributed by atoms with Crippen LogP contribution < -0.4 is 4.87 Å². The summed E-state index contributed by atoms with van der Waals surface area (Å²) < 4.78 is 63.5. The Morgan fingerprint density at radius 2 is 1.83 bits per heavy atom. The number of halogens is 4. The lowest BCUT2D eigenvalue weighted by atomic mass is 9.96. The van der Waals surface area contributed by atoms with Crippen LogP contribution in [0.1, 0.15) is 32.4 Å². The maximum absolute atomic E-state index is 13.3. The van der Waals surface area contributed by atoms with Gasteiger partial charge in [0, 0.05) is 31.0 Å². The molecular formula is C24H22ClF3N4O8S2. The molecule has 1 aromatic carbocycles. The maximum atomic E-state index is 13.3. The molecule has 42 heavy (non-hydrogen) atoms. The number of thiazole rings is 1. The van der Waals surface area contributed by atoms with Crippen molar-refractivity contribution in [3.8, 4) is 11.4 Å². The first kappa shape index (κ1) is 31.5. The zero-order chi connectivity index (χ0) is 30.8. The molecule has 0 amide bonds. The van der Waals surface area contributed by atoms with Gasteiger partial charge in [0.2, 0.25) is 0 Å². The largest absolute Gasteiger partial charge is 0.463 e. The molecule has 0 aliphatic carbocycles. The summed E-state index contributed by atoms with van der Waals surface area (Å²) in [7, 11) is 0. The van der Waals surface area contributed by atoms with Crippen LogP contribution in [0.25, 0.3) is 11.4 Å². The van der Waals surface area contributed by atoms with Crippen molar-refractivity contribution in [1.29, 1.82) is 0 Å². The second-order valence-electron chi connectivity index (χ2n) is 8.89. The lowest BCUT2D eigenvalue weighted by molar-refractivity contribution is -0.212. The van der Waals surface area contributed by atoms with Crippen LogP contribution in [0.4, 0.5) is 13.2 Å². The van der Waals surface area contributed by atoms with Crippen molar-refractivity contribution < 1.29 is 46.5 Å². The molecule has 0 bridgehead atoms. The molecule has 1 fully saturated rings. The van der Waals surface area contributed by atoms with Crippen LogP contribution in [-0.2, 0) is 39.5 Å². The van der Waals surface area contributed by atoms with Gasteiger partial charge in [-0.05, 0) is 18.2 Å². The number of alkyl halides is 3. The number of benzene rings is 1. The smallest absolute Gasteiger partial charge is 0.417 e. The normalized spacial score (nSPS) is 22.4. The first-order valence-electron chi connectivity index (χ1n) is 12.0. The zero-order valence-electron chi connectivity index (χ0n) is 21.9. The van der Waals surface area contributed by atoms with Crippen molar-refractivity contribution in [2.24, 2.45) is 0 Å². The van der Waals surface area contributed by atoms with E-state index in [0.717, 1.165) is 56.0 Å². The Hall–Kier alpha value is -3.41. The standard InChI is InChI=1S/C24H22ClF3N4O8S2/c1-10(33)37-8-18-20(38-11(2)34)19(32-7-16(30-31-32)17-9-41-23(36)29-17)21(39-12(3)35)22(40-18)42-13-4-5-14(15(25)6-13)24(26,27)28/h4-7,9,18-22H,8H2,1-3H3,(H,29,36)/t18?,19?,20-,21?,22+/m0/s1. The summed E-state index contributed by atoms with van der Waals surface area (Å²) in [5, 5.41) is 9.13. The highest BCUT2D eigenvalue weighted by Crippen LogP contribution is 2.43. The van der Waals surface area contributed by atoms with Crippen LogP contribution in [0.15, 0.2) is 39.5 Å². The third-order valence-corrected chi connectivity index (χ3v) is 7.90. The number of carbonyl (C=O) groups excluding carboxylic acids is 3. The molecule has 3 heterocycles.